The van der Waals surface area contributed by atoms with E-state index in [-0.39, 0.29) is 23.3 Å². The van der Waals surface area contributed by atoms with Crippen LogP contribution in [0.15, 0.2) is 23.2 Å². The molecule has 7 nitrogen and oxygen atoms in total. The van der Waals surface area contributed by atoms with E-state index in [4.69, 9.17) is 11.5 Å². The summed E-state index contributed by atoms with van der Waals surface area (Å²) < 4.78 is 26.6. The van der Waals surface area contributed by atoms with Crippen LogP contribution in [0.5, 0.6) is 0 Å². The van der Waals surface area contributed by atoms with Gasteiger partial charge in [-0.15, -0.1) is 0 Å². The molecule has 1 amide bonds. The SMILES string of the molecule is CC1CCC(C(N)=O)CN1S(=O)(=O)c1cccnc1N. The molecule has 1 saturated heterocycles. The van der Waals surface area contributed by atoms with Gasteiger partial charge in [0, 0.05) is 18.8 Å². The van der Waals surface area contributed by atoms with E-state index in [0.29, 0.717) is 12.8 Å². The first-order valence-electron chi connectivity index (χ1n) is 6.35. The Morgan fingerprint density at radius 2 is 2.15 bits per heavy atom. The quantitative estimate of drug-likeness (QED) is 0.810. The number of hydrogen-bond acceptors (Lipinski definition) is 5. The van der Waals surface area contributed by atoms with Crippen LogP contribution >= 0.6 is 0 Å². The molecule has 110 valence electrons. The summed E-state index contributed by atoms with van der Waals surface area (Å²) in [5, 5.41) is 0. The molecule has 4 N–H and O–H groups in total. The normalized spacial score (nSPS) is 24.4. The van der Waals surface area contributed by atoms with Crippen molar-refractivity contribution >= 4 is 21.7 Å². The Morgan fingerprint density at radius 3 is 2.75 bits per heavy atom. The highest BCUT2D eigenvalue weighted by Gasteiger charge is 2.37. The highest BCUT2D eigenvalue weighted by molar-refractivity contribution is 7.89. The number of aromatic nitrogens is 1. The molecule has 2 atom stereocenters. The van der Waals surface area contributed by atoms with Gasteiger partial charge < -0.3 is 11.5 Å². The minimum Gasteiger partial charge on any atom is -0.383 e. The number of carbonyl (C=O) groups is 1. The van der Waals surface area contributed by atoms with Gasteiger partial charge in [-0.05, 0) is 31.9 Å². The zero-order valence-corrected chi connectivity index (χ0v) is 12.0. The smallest absolute Gasteiger partial charge is 0.246 e. The van der Waals surface area contributed by atoms with Gasteiger partial charge in [-0.3, -0.25) is 4.79 Å². The van der Waals surface area contributed by atoms with Crippen molar-refractivity contribution in [3.05, 3.63) is 18.3 Å². The van der Waals surface area contributed by atoms with E-state index in [1.54, 1.807) is 6.92 Å². The molecule has 20 heavy (non-hydrogen) atoms. The first-order chi connectivity index (χ1) is 9.34. The minimum absolute atomic E-state index is 0.0306. The summed E-state index contributed by atoms with van der Waals surface area (Å²) in [6, 6.07) is 2.73. The molecule has 0 aromatic carbocycles. The van der Waals surface area contributed by atoms with Crippen molar-refractivity contribution in [3.63, 3.8) is 0 Å². The highest BCUT2D eigenvalue weighted by Crippen LogP contribution is 2.29. The number of anilines is 1. The van der Waals surface area contributed by atoms with Crippen molar-refractivity contribution in [1.82, 2.24) is 9.29 Å². The molecule has 1 aromatic heterocycles. The van der Waals surface area contributed by atoms with E-state index in [2.05, 4.69) is 4.98 Å². The lowest BCUT2D eigenvalue weighted by molar-refractivity contribution is -0.123. The predicted molar refractivity (Wildman–Crippen MR) is 73.9 cm³/mol. The fourth-order valence-electron chi connectivity index (χ4n) is 2.39. The van der Waals surface area contributed by atoms with E-state index in [0.717, 1.165) is 0 Å². The predicted octanol–water partition coefficient (Wildman–Crippen LogP) is -0.0617. The summed E-state index contributed by atoms with van der Waals surface area (Å²) in [7, 11) is -3.77. The Labute approximate surface area is 118 Å². The van der Waals surface area contributed by atoms with Crippen LogP contribution in [0.4, 0.5) is 5.82 Å². The molecular weight excluding hydrogens is 280 g/mol. The number of rotatable bonds is 3. The number of carbonyl (C=O) groups excluding carboxylic acids is 1. The van der Waals surface area contributed by atoms with Crippen LogP contribution < -0.4 is 11.5 Å². The van der Waals surface area contributed by atoms with Gasteiger partial charge in [-0.1, -0.05) is 0 Å². The highest BCUT2D eigenvalue weighted by atomic mass is 32.2. The molecule has 2 heterocycles. The summed E-state index contributed by atoms with van der Waals surface area (Å²) in [5.41, 5.74) is 10.9. The summed E-state index contributed by atoms with van der Waals surface area (Å²) >= 11 is 0. The number of piperidine rings is 1. The molecule has 0 aliphatic carbocycles. The third-order valence-electron chi connectivity index (χ3n) is 3.61. The lowest BCUT2D eigenvalue weighted by atomic mass is 9.95. The molecule has 1 fully saturated rings. The third kappa shape index (κ3) is 2.61. The van der Waals surface area contributed by atoms with Crippen LogP contribution in [0.2, 0.25) is 0 Å². The zero-order chi connectivity index (χ0) is 14.9. The van der Waals surface area contributed by atoms with Crippen molar-refractivity contribution in [2.45, 2.75) is 30.7 Å². The van der Waals surface area contributed by atoms with E-state index >= 15 is 0 Å². The topological polar surface area (TPSA) is 119 Å². The molecular formula is C12H18N4O3S. The Bertz CT molecular complexity index is 617. The van der Waals surface area contributed by atoms with Gasteiger partial charge in [0.2, 0.25) is 15.9 Å². The van der Waals surface area contributed by atoms with Crippen molar-refractivity contribution in [2.24, 2.45) is 11.7 Å². The van der Waals surface area contributed by atoms with Gasteiger partial charge in [0.25, 0.3) is 0 Å². The molecule has 2 rings (SSSR count). The number of nitrogen functional groups attached to an aromatic ring is 1. The maximum atomic E-state index is 12.6. The van der Waals surface area contributed by atoms with Gasteiger partial charge in [-0.2, -0.15) is 4.31 Å². The van der Waals surface area contributed by atoms with Crippen LogP contribution in [0, 0.1) is 5.92 Å². The van der Waals surface area contributed by atoms with Gasteiger partial charge in [0.05, 0.1) is 5.92 Å². The average molecular weight is 298 g/mol. The number of primary amides is 1. The van der Waals surface area contributed by atoms with Crippen LogP contribution in [-0.2, 0) is 14.8 Å². The monoisotopic (exact) mass is 298 g/mol. The Balaban J connectivity index is 2.37. The molecule has 1 aliphatic heterocycles. The van der Waals surface area contributed by atoms with Crippen LogP contribution in [0.25, 0.3) is 0 Å². The van der Waals surface area contributed by atoms with Crippen molar-refractivity contribution in [1.29, 1.82) is 0 Å². The second kappa shape index (κ2) is 5.37. The maximum Gasteiger partial charge on any atom is 0.246 e. The van der Waals surface area contributed by atoms with E-state index in [1.807, 2.05) is 0 Å². The Morgan fingerprint density at radius 1 is 1.45 bits per heavy atom. The number of amides is 1. The largest absolute Gasteiger partial charge is 0.383 e. The molecule has 8 heteroatoms. The van der Waals surface area contributed by atoms with Crippen LogP contribution in [-0.4, -0.2) is 36.2 Å². The van der Waals surface area contributed by atoms with Crippen molar-refractivity contribution in [3.8, 4) is 0 Å². The molecule has 1 aromatic rings. The fraction of sp³-hybridized carbons (Fsp3) is 0.500. The number of pyridine rings is 1. The summed E-state index contributed by atoms with van der Waals surface area (Å²) in [4.78, 5) is 15.1. The summed E-state index contributed by atoms with van der Waals surface area (Å²) in [6.07, 6.45) is 2.62. The lowest BCUT2D eigenvalue weighted by Gasteiger charge is -2.35. The van der Waals surface area contributed by atoms with Gasteiger partial charge in [0.1, 0.15) is 10.7 Å². The van der Waals surface area contributed by atoms with E-state index in [9.17, 15) is 13.2 Å². The first-order valence-corrected chi connectivity index (χ1v) is 7.79. The van der Waals surface area contributed by atoms with Crippen molar-refractivity contribution < 1.29 is 13.2 Å². The molecule has 0 spiro atoms. The Kier molecular flexibility index (Phi) is 3.96. The summed E-state index contributed by atoms with van der Waals surface area (Å²) in [6.45, 7) is 1.90. The first kappa shape index (κ1) is 14.7. The van der Waals surface area contributed by atoms with E-state index < -0.39 is 21.8 Å². The average Bonchev–Trinajstić information content (AvgIpc) is 2.39. The number of nitrogens with zero attached hydrogens (tertiary/aromatic N) is 2. The third-order valence-corrected chi connectivity index (χ3v) is 5.64. The lowest BCUT2D eigenvalue weighted by Crippen LogP contribution is -2.48. The summed E-state index contributed by atoms with van der Waals surface area (Å²) in [5.74, 6) is -0.976. The maximum absolute atomic E-state index is 12.6. The number of hydrogen-bond donors (Lipinski definition) is 2. The molecule has 0 saturated carbocycles. The Hall–Kier alpha value is -1.67. The van der Waals surface area contributed by atoms with Crippen LogP contribution in [0.3, 0.4) is 0 Å². The van der Waals surface area contributed by atoms with Gasteiger partial charge in [-0.25, -0.2) is 13.4 Å². The fourth-order valence-corrected chi connectivity index (χ4v) is 4.16. The van der Waals surface area contributed by atoms with Gasteiger partial charge >= 0.3 is 0 Å². The molecule has 1 aliphatic rings. The zero-order valence-electron chi connectivity index (χ0n) is 11.2. The second-order valence-corrected chi connectivity index (χ2v) is 6.85. The van der Waals surface area contributed by atoms with Crippen molar-refractivity contribution in [2.75, 3.05) is 12.3 Å². The van der Waals surface area contributed by atoms with Gasteiger partial charge in [0.15, 0.2) is 0 Å². The molecule has 2 unspecified atom stereocenters. The number of sulfonamides is 1. The minimum atomic E-state index is -3.77. The van der Waals surface area contributed by atoms with E-state index in [1.165, 1.54) is 22.6 Å². The second-order valence-electron chi connectivity index (χ2n) is 4.99. The molecule has 0 radical (unpaired) electrons. The van der Waals surface area contributed by atoms with Crippen LogP contribution in [0.1, 0.15) is 19.8 Å². The number of nitrogens with two attached hydrogens (primary N) is 2. The molecule has 0 bridgehead atoms. The standard InChI is InChI=1S/C12H18N4O3S/c1-8-4-5-9(12(14)17)7-16(8)20(18,19)10-3-2-6-15-11(10)13/h2-3,6,8-9H,4-5,7H2,1H3,(H2,13,15)(H2,14,17).